The van der Waals surface area contributed by atoms with Crippen LogP contribution in [0.2, 0.25) is 0 Å². The van der Waals surface area contributed by atoms with Crippen molar-refractivity contribution in [2.45, 2.75) is 24.2 Å². The minimum absolute atomic E-state index is 0.702. The van der Waals surface area contributed by atoms with Crippen LogP contribution in [-0.2, 0) is 0 Å². The summed E-state index contributed by atoms with van der Waals surface area (Å²) in [5.74, 6) is -15.7. The minimum Gasteiger partial charge on any atom is -0.203 e. The second-order valence-corrected chi connectivity index (χ2v) is 6.50. The predicted molar refractivity (Wildman–Crippen MR) is 98.7 cm³/mol. The van der Waals surface area contributed by atoms with Crippen molar-refractivity contribution in [3.8, 4) is 11.8 Å². The molecule has 2 aromatic rings. The van der Waals surface area contributed by atoms with E-state index in [0.29, 0.717) is 0 Å². The van der Waals surface area contributed by atoms with Gasteiger partial charge in [-0.3, -0.25) is 0 Å². The highest BCUT2D eigenvalue weighted by atomic mass is 19.4. The highest BCUT2D eigenvalue weighted by Crippen LogP contribution is 2.46. The smallest absolute Gasteiger partial charge is 0.203 e. The maximum Gasteiger partial charge on any atom is 0.460 e. The summed E-state index contributed by atoms with van der Waals surface area (Å²) < 4.78 is 159. The molecule has 0 unspecified atom stereocenters. The van der Waals surface area contributed by atoms with Gasteiger partial charge in [-0.1, -0.05) is 72.5 Å². The van der Waals surface area contributed by atoms with Crippen molar-refractivity contribution in [1.82, 2.24) is 0 Å². The fourth-order valence-electron chi connectivity index (χ4n) is 2.41. The highest BCUT2D eigenvalue weighted by Gasteiger charge is 2.63. The minimum atomic E-state index is -6.44. The fourth-order valence-corrected chi connectivity index (χ4v) is 2.41. The molecule has 0 heterocycles. The van der Waals surface area contributed by atoms with Crippen LogP contribution in [-0.4, -0.2) is 24.2 Å². The molecule has 0 radical (unpaired) electrons. The molecule has 12 heteroatoms. The van der Waals surface area contributed by atoms with Gasteiger partial charge < -0.3 is 0 Å². The molecule has 0 saturated carbocycles. The summed E-state index contributed by atoms with van der Waals surface area (Å²) in [6.07, 6.45) is -12.9. The molecule has 2 aromatic carbocycles. The number of allylic oxidation sites excluding steroid dienone is 4. The molecule has 0 fully saturated rings. The van der Waals surface area contributed by atoms with E-state index in [9.17, 15) is 52.7 Å². The van der Waals surface area contributed by atoms with Gasteiger partial charge in [-0.05, 0) is 11.1 Å². The Balaban J connectivity index is 2.88. The quantitative estimate of drug-likeness (QED) is 0.293. The average Bonchev–Trinajstić information content (AvgIpc) is 2.75. The van der Waals surface area contributed by atoms with Crippen LogP contribution in [0.3, 0.4) is 0 Å². The lowest BCUT2D eigenvalue weighted by molar-refractivity contribution is -0.270. The van der Waals surface area contributed by atoms with Crippen molar-refractivity contribution < 1.29 is 52.7 Å². The van der Waals surface area contributed by atoms with Crippen LogP contribution in [0.5, 0.6) is 0 Å². The molecule has 0 nitrogen and oxygen atoms in total. The zero-order valence-electron chi connectivity index (χ0n) is 16.3. The molecule has 0 aromatic heterocycles. The predicted octanol–water partition coefficient (Wildman–Crippen LogP) is 8.15. The Labute approximate surface area is 184 Å². The van der Waals surface area contributed by atoms with E-state index in [1.165, 1.54) is 24.0 Å². The van der Waals surface area contributed by atoms with E-state index in [0.717, 1.165) is 48.5 Å². The largest absolute Gasteiger partial charge is 0.460 e. The third kappa shape index (κ3) is 5.40. The lowest BCUT2D eigenvalue weighted by Crippen LogP contribution is -2.37. The third-order valence-electron chi connectivity index (χ3n) is 4.14. The maximum atomic E-state index is 14.4. The van der Waals surface area contributed by atoms with Gasteiger partial charge in [0.1, 0.15) is 0 Å². The second-order valence-electron chi connectivity index (χ2n) is 6.50. The summed E-state index contributed by atoms with van der Waals surface area (Å²) in [6, 6.07) is 10.1. The van der Waals surface area contributed by atoms with Crippen LogP contribution >= 0.6 is 0 Å². The highest BCUT2D eigenvalue weighted by molar-refractivity contribution is 5.88. The molecule has 0 aliphatic rings. The second kappa shape index (κ2) is 9.48. The Kier molecular flexibility index (Phi) is 7.50. The standard InChI is InChI=1S/C22H10F12/c23-17(19(25,26)21(29,30)31)15(13-7-3-1-4-8-13)11-12-16(14-9-5-2-6-10-14)18(24)20(27,28)22(32,33)34/h1-10H/b17-15-,18-16-. The molecule has 0 aliphatic carbocycles. The first-order valence-electron chi connectivity index (χ1n) is 8.84. The summed E-state index contributed by atoms with van der Waals surface area (Å²) in [5.41, 5.74) is -4.79. The number of halogens is 12. The molecule has 0 bridgehead atoms. The van der Waals surface area contributed by atoms with Gasteiger partial charge in [0.25, 0.3) is 0 Å². The van der Waals surface area contributed by atoms with Gasteiger partial charge in [0.2, 0.25) is 0 Å². The Bertz CT molecular complexity index is 1040. The molecule has 0 spiro atoms. The average molecular weight is 502 g/mol. The molecule has 0 N–H and O–H groups in total. The molecule has 0 saturated heterocycles. The third-order valence-corrected chi connectivity index (χ3v) is 4.14. The van der Waals surface area contributed by atoms with Crippen molar-refractivity contribution in [2.75, 3.05) is 0 Å². The van der Waals surface area contributed by atoms with Crippen molar-refractivity contribution in [1.29, 1.82) is 0 Å². The van der Waals surface area contributed by atoms with Gasteiger partial charge in [-0.2, -0.15) is 43.9 Å². The van der Waals surface area contributed by atoms with Gasteiger partial charge in [-0.15, -0.1) is 0 Å². The van der Waals surface area contributed by atoms with E-state index in [1.54, 1.807) is 0 Å². The SMILES string of the molecule is F/C(=C(/C#C/C(=C(/F)C(F)(F)C(F)(F)F)c1ccccc1)c1ccccc1)C(F)(F)C(F)(F)F. The summed E-state index contributed by atoms with van der Waals surface area (Å²) in [6.45, 7) is 0. The zero-order chi connectivity index (χ0) is 25.9. The number of benzene rings is 2. The first-order chi connectivity index (χ1) is 15.5. The molecular weight excluding hydrogens is 492 g/mol. The van der Waals surface area contributed by atoms with Crippen LogP contribution in [0, 0.1) is 11.8 Å². The fraction of sp³-hybridized carbons (Fsp3) is 0.182. The van der Waals surface area contributed by atoms with Crippen molar-refractivity contribution >= 4 is 11.1 Å². The lowest BCUT2D eigenvalue weighted by Gasteiger charge is -2.19. The summed E-state index contributed by atoms with van der Waals surface area (Å²) >= 11 is 0. The first kappa shape index (κ1) is 26.9. The van der Waals surface area contributed by atoms with E-state index >= 15 is 0 Å². The van der Waals surface area contributed by atoms with Crippen molar-refractivity contribution in [2.24, 2.45) is 0 Å². The number of rotatable bonds is 4. The number of hydrogen-bond donors (Lipinski definition) is 0. The molecule has 34 heavy (non-hydrogen) atoms. The van der Waals surface area contributed by atoms with Gasteiger partial charge in [0.15, 0.2) is 11.7 Å². The van der Waals surface area contributed by atoms with E-state index in [-0.39, 0.29) is 0 Å². The molecular formula is C22H10F12. The first-order valence-corrected chi connectivity index (χ1v) is 8.84. The summed E-state index contributed by atoms with van der Waals surface area (Å²) in [5, 5.41) is 0. The Morgan fingerprint density at radius 3 is 0.971 bits per heavy atom. The van der Waals surface area contributed by atoms with Crippen molar-refractivity contribution in [3.63, 3.8) is 0 Å². The number of alkyl halides is 10. The number of hydrogen-bond acceptors (Lipinski definition) is 0. The van der Waals surface area contributed by atoms with Gasteiger partial charge in [0.05, 0.1) is 11.1 Å². The van der Waals surface area contributed by atoms with Gasteiger partial charge >= 0.3 is 24.2 Å². The molecule has 2 rings (SSSR count). The maximum absolute atomic E-state index is 14.4. The van der Waals surface area contributed by atoms with Crippen LogP contribution in [0.25, 0.3) is 11.1 Å². The molecule has 0 amide bonds. The lowest BCUT2D eigenvalue weighted by atomic mass is 9.99. The van der Waals surface area contributed by atoms with Crippen LogP contribution in [0.4, 0.5) is 52.7 Å². The topological polar surface area (TPSA) is 0 Å². The van der Waals surface area contributed by atoms with Crippen molar-refractivity contribution in [3.05, 3.63) is 83.4 Å². The van der Waals surface area contributed by atoms with E-state index in [1.807, 2.05) is 0 Å². The summed E-state index contributed by atoms with van der Waals surface area (Å²) in [7, 11) is 0. The van der Waals surface area contributed by atoms with Crippen LogP contribution in [0.15, 0.2) is 72.3 Å². The van der Waals surface area contributed by atoms with Crippen LogP contribution in [0.1, 0.15) is 11.1 Å². The Morgan fingerprint density at radius 2 is 0.735 bits per heavy atom. The van der Waals surface area contributed by atoms with E-state index in [4.69, 9.17) is 0 Å². The monoisotopic (exact) mass is 502 g/mol. The van der Waals surface area contributed by atoms with Gasteiger partial charge in [0, 0.05) is 0 Å². The molecule has 182 valence electrons. The van der Waals surface area contributed by atoms with Gasteiger partial charge in [-0.25, -0.2) is 8.78 Å². The Hall–Kier alpha value is -3.36. The summed E-state index contributed by atoms with van der Waals surface area (Å²) in [4.78, 5) is 0. The van der Waals surface area contributed by atoms with Crippen LogP contribution < -0.4 is 0 Å². The normalized spacial score (nSPS) is 14.6. The Morgan fingerprint density at radius 1 is 0.471 bits per heavy atom. The van der Waals surface area contributed by atoms with E-state index in [2.05, 4.69) is 0 Å². The zero-order valence-corrected chi connectivity index (χ0v) is 16.3. The molecule has 0 aliphatic heterocycles. The van der Waals surface area contributed by atoms with E-state index < -0.39 is 58.1 Å². The molecule has 0 atom stereocenters.